The molecule has 4 atom stereocenters. The number of piperidine rings is 1. The molecular formula is C26H32N4O6. The molecule has 10 heteroatoms. The molecule has 5 aliphatic rings. The Morgan fingerprint density at radius 3 is 2.58 bits per heavy atom. The molecule has 0 aromatic heterocycles. The van der Waals surface area contributed by atoms with Crippen molar-refractivity contribution in [1.29, 1.82) is 0 Å². The Labute approximate surface area is 209 Å². The number of rotatable bonds is 6. The minimum Gasteiger partial charge on any atom is -0.389 e. The van der Waals surface area contributed by atoms with Gasteiger partial charge in [0, 0.05) is 43.3 Å². The first-order valence-electron chi connectivity index (χ1n) is 12.9. The van der Waals surface area contributed by atoms with Crippen molar-refractivity contribution in [3.63, 3.8) is 0 Å². The molecule has 3 amide bonds. The molecule has 1 aliphatic carbocycles. The monoisotopic (exact) mass is 496 g/mol. The average Bonchev–Trinajstić information content (AvgIpc) is 3.23. The van der Waals surface area contributed by atoms with E-state index in [0.717, 1.165) is 19.3 Å². The third kappa shape index (κ3) is 4.59. The van der Waals surface area contributed by atoms with E-state index in [1.807, 2.05) is 17.0 Å². The second kappa shape index (κ2) is 9.48. The van der Waals surface area contributed by atoms with Crippen LogP contribution in [0.25, 0.3) is 0 Å². The highest BCUT2D eigenvalue weighted by molar-refractivity contribution is 6.40. The van der Waals surface area contributed by atoms with Crippen LogP contribution in [0.15, 0.2) is 29.4 Å². The molecule has 1 saturated carbocycles. The smallest absolute Gasteiger partial charge is 0.272 e. The molecule has 36 heavy (non-hydrogen) atoms. The predicted octanol–water partition coefficient (Wildman–Crippen LogP) is 1.51. The molecule has 0 spiro atoms. The Bertz CT molecular complexity index is 1080. The fourth-order valence-corrected chi connectivity index (χ4v) is 5.44. The highest BCUT2D eigenvalue weighted by Crippen LogP contribution is 2.38. The van der Waals surface area contributed by atoms with Crippen LogP contribution in [0.5, 0.6) is 0 Å². The molecule has 1 N–H and O–H groups in total. The van der Waals surface area contributed by atoms with Crippen LogP contribution in [-0.2, 0) is 23.9 Å². The van der Waals surface area contributed by atoms with Gasteiger partial charge in [0.25, 0.3) is 11.8 Å². The summed E-state index contributed by atoms with van der Waals surface area (Å²) < 4.78 is 11.6. The molecular weight excluding hydrogens is 464 g/mol. The molecule has 0 radical (unpaired) electrons. The summed E-state index contributed by atoms with van der Waals surface area (Å²) in [6.45, 7) is 5.37. The number of hydrogen-bond acceptors (Lipinski definition) is 7. The Morgan fingerprint density at radius 2 is 1.83 bits per heavy atom. The van der Waals surface area contributed by atoms with Crippen molar-refractivity contribution in [1.82, 2.24) is 9.80 Å². The predicted molar refractivity (Wildman–Crippen MR) is 129 cm³/mol. The maximum atomic E-state index is 13.1. The summed E-state index contributed by atoms with van der Waals surface area (Å²) in [7, 11) is 0. The normalized spacial score (nSPS) is 29.8. The summed E-state index contributed by atoms with van der Waals surface area (Å²) >= 11 is 0. The van der Waals surface area contributed by atoms with Crippen LogP contribution in [-0.4, -0.2) is 90.9 Å². The maximum absolute atomic E-state index is 13.1. The molecule has 1 aromatic rings. The number of ether oxygens (including phenoxy) is 2. The van der Waals surface area contributed by atoms with E-state index >= 15 is 0 Å². The summed E-state index contributed by atoms with van der Waals surface area (Å²) in [5, 5.41) is 6.93. The lowest BCUT2D eigenvalue weighted by molar-refractivity contribution is -0.145. The van der Waals surface area contributed by atoms with Gasteiger partial charge in [0.05, 0.1) is 31.3 Å². The van der Waals surface area contributed by atoms with Gasteiger partial charge in [-0.15, -0.1) is 0 Å². The number of carbonyl (C=O) groups excluding carboxylic acids is 3. The zero-order chi connectivity index (χ0) is 24.8. The number of anilines is 1. The zero-order valence-electron chi connectivity index (χ0n) is 20.4. The van der Waals surface area contributed by atoms with E-state index in [1.54, 1.807) is 17.0 Å². The van der Waals surface area contributed by atoms with Crippen LogP contribution >= 0.6 is 0 Å². The van der Waals surface area contributed by atoms with Crippen LogP contribution in [0.4, 0.5) is 5.69 Å². The highest BCUT2D eigenvalue weighted by atomic mass is 16.7. The number of fused-ring (bicyclic) bond motifs is 1. The van der Waals surface area contributed by atoms with E-state index in [2.05, 4.69) is 17.4 Å². The van der Waals surface area contributed by atoms with Gasteiger partial charge < -0.3 is 29.4 Å². The minimum atomic E-state index is -0.127. The maximum Gasteiger partial charge on any atom is 0.272 e. The third-order valence-corrected chi connectivity index (χ3v) is 7.96. The van der Waals surface area contributed by atoms with Gasteiger partial charge in [0.2, 0.25) is 5.91 Å². The standard InChI is InChI=1S/C26H32N4O6/c1-15-9-20(15)24(31)27-17-4-2-3-16(10-17)25(32)29-7-5-18(6-8-29)35-19-11-30(12-19)26(33)23-21-13-34-14-22(21)36-28-23/h2-4,10,15,18-22H,5-9,11-14H2,1H3,(H,27,31)/t15-,20-,21+,22-/m1/s1. The van der Waals surface area contributed by atoms with Crippen LogP contribution in [0.2, 0.25) is 0 Å². The van der Waals surface area contributed by atoms with Gasteiger partial charge in [0.15, 0.2) is 11.8 Å². The summed E-state index contributed by atoms with van der Waals surface area (Å²) in [6, 6.07) is 7.18. The van der Waals surface area contributed by atoms with E-state index in [0.29, 0.717) is 62.3 Å². The first-order chi connectivity index (χ1) is 17.5. The largest absolute Gasteiger partial charge is 0.389 e. The summed E-state index contributed by atoms with van der Waals surface area (Å²) in [4.78, 5) is 46.9. The lowest BCUT2D eigenvalue weighted by Gasteiger charge is -2.42. The summed E-state index contributed by atoms with van der Waals surface area (Å²) in [6.07, 6.45) is 2.40. The SMILES string of the molecule is C[C@@H]1C[C@H]1C(=O)Nc1cccc(C(=O)N2CCC(OC3CN(C(=O)C4=NO[C@@H]5COC[C@H]45)C3)CC2)c1. The molecule has 0 unspecified atom stereocenters. The quantitative estimate of drug-likeness (QED) is 0.640. The van der Waals surface area contributed by atoms with Gasteiger partial charge in [-0.25, -0.2) is 0 Å². The van der Waals surface area contributed by atoms with Gasteiger partial charge in [0.1, 0.15) is 0 Å². The molecule has 4 fully saturated rings. The lowest BCUT2D eigenvalue weighted by Crippen LogP contribution is -2.58. The van der Waals surface area contributed by atoms with E-state index in [-0.39, 0.29) is 47.9 Å². The average molecular weight is 497 g/mol. The van der Waals surface area contributed by atoms with Crippen LogP contribution in [0, 0.1) is 17.8 Å². The van der Waals surface area contributed by atoms with Crippen molar-refractivity contribution >= 4 is 29.1 Å². The fourth-order valence-electron chi connectivity index (χ4n) is 5.44. The second-order valence-electron chi connectivity index (χ2n) is 10.6. The van der Waals surface area contributed by atoms with E-state index in [9.17, 15) is 14.4 Å². The Hall–Kier alpha value is -2.98. The fraction of sp³-hybridized carbons (Fsp3) is 0.615. The van der Waals surface area contributed by atoms with Gasteiger partial charge in [-0.2, -0.15) is 0 Å². The second-order valence-corrected chi connectivity index (χ2v) is 10.6. The van der Waals surface area contributed by atoms with E-state index < -0.39 is 0 Å². The van der Waals surface area contributed by atoms with Crippen LogP contribution in [0.1, 0.15) is 36.5 Å². The molecule has 192 valence electrons. The molecule has 0 bridgehead atoms. The summed E-state index contributed by atoms with van der Waals surface area (Å²) in [5.74, 6) is 0.384. The summed E-state index contributed by atoms with van der Waals surface area (Å²) in [5.41, 5.74) is 1.71. The van der Waals surface area contributed by atoms with Gasteiger partial charge in [-0.1, -0.05) is 18.1 Å². The van der Waals surface area contributed by atoms with Crippen molar-refractivity contribution in [2.24, 2.45) is 22.9 Å². The minimum absolute atomic E-state index is 0.00854. The Kier molecular flexibility index (Phi) is 6.17. The molecule has 10 nitrogen and oxygen atoms in total. The van der Waals surface area contributed by atoms with Crippen LogP contribution in [0.3, 0.4) is 0 Å². The lowest BCUT2D eigenvalue weighted by atomic mass is 9.98. The number of likely N-dealkylation sites (tertiary alicyclic amines) is 2. The molecule has 6 rings (SSSR count). The number of nitrogens with one attached hydrogen (secondary N) is 1. The number of nitrogens with zero attached hydrogens (tertiary/aromatic N) is 3. The Morgan fingerprint density at radius 1 is 1.06 bits per heavy atom. The first-order valence-corrected chi connectivity index (χ1v) is 12.9. The van der Waals surface area contributed by atoms with Gasteiger partial charge in [-0.05, 0) is 43.4 Å². The molecule has 3 saturated heterocycles. The number of carbonyl (C=O) groups is 3. The van der Waals surface area contributed by atoms with E-state index in [4.69, 9.17) is 14.3 Å². The van der Waals surface area contributed by atoms with Gasteiger partial charge in [-0.3, -0.25) is 14.4 Å². The number of benzene rings is 1. The van der Waals surface area contributed by atoms with Crippen molar-refractivity contribution in [2.45, 2.75) is 44.5 Å². The number of hydrogen-bond donors (Lipinski definition) is 1. The van der Waals surface area contributed by atoms with Gasteiger partial charge >= 0.3 is 0 Å². The number of oxime groups is 1. The highest BCUT2D eigenvalue weighted by Gasteiger charge is 2.46. The molecule has 4 aliphatic heterocycles. The van der Waals surface area contributed by atoms with Crippen molar-refractivity contribution in [2.75, 3.05) is 44.7 Å². The van der Waals surface area contributed by atoms with E-state index in [1.165, 1.54) is 0 Å². The van der Waals surface area contributed by atoms with Crippen molar-refractivity contribution in [3.05, 3.63) is 29.8 Å². The van der Waals surface area contributed by atoms with Crippen molar-refractivity contribution in [3.8, 4) is 0 Å². The third-order valence-electron chi connectivity index (χ3n) is 7.96. The Balaban J connectivity index is 0.943. The van der Waals surface area contributed by atoms with Crippen LogP contribution < -0.4 is 5.32 Å². The number of amides is 3. The zero-order valence-corrected chi connectivity index (χ0v) is 20.4. The molecule has 1 aromatic carbocycles. The molecule has 4 heterocycles. The first kappa shape index (κ1) is 23.4. The van der Waals surface area contributed by atoms with Crippen molar-refractivity contribution < 1.29 is 28.7 Å². The topological polar surface area (TPSA) is 110 Å².